The number of carbonyl (C=O) groups excluding carboxylic acids is 2. The number of rotatable bonds is 11. The Morgan fingerprint density at radius 1 is 1.21 bits per heavy atom. The van der Waals surface area contributed by atoms with Crippen LogP contribution in [0.4, 0.5) is 0 Å². The maximum atomic E-state index is 13.4. The minimum absolute atomic E-state index is 0.0158. The summed E-state index contributed by atoms with van der Waals surface area (Å²) in [5, 5.41) is 12.9. The van der Waals surface area contributed by atoms with Crippen molar-refractivity contribution in [2.75, 3.05) is 18.1 Å². The van der Waals surface area contributed by atoms with Gasteiger partial charge in [-0.2, -0.15) is 11.8 Å². The predicted octanol–water partition coefficient (Wildman–Crippen LogP) is 3.12. The number of nitrogens with zero attached hydrogens (tertiary/aromatic N) is 1. The fourth-order valence-corrected chi connectivity index (χ4v) is 6.07. The lowest BCUT2D eigenvalue weighted by molar-refractivity contribution is -0.151. The number of aliphatic carboxylic acids is 1. The molecule has 0 bridgehead atoms. The molecule has 1 aliphatic carbocycles. The van der Waals surface area contributed by atoms with Crippen molar-refractivity contribution in [3.05, 3.63) is 35.9 Å². The van der Waals surface area contributed by atoms with Crippen LogP contribution in [0.1, 0.15) is 51.5 Å². The molecule has 1 aliphatic heterocycles. The first-order valence-corrected chi connectivity index (χ1v) is 13.2. The maximum Gasteiger partial charge on any atom is 0.326 e. The zero-order valence-corrected chi connectivity index (χ0v) is 20.4. The highest BCUT2D eigenvalue weighted by molar-refractivity contribution is 7.99. The Bertz CT molecular complexity index is 805. The summed E-state index contributed by atoms with van der Waals surface area (Å²) in [5.74, 6) is 0.0312. The van der Waals surface area contributed by atoms with Crippen LogP contribution >= 0.6 is 11.8 Å². The Morgan fingerprint density at radius 2 is 1.94 bits per heavy atom. The van der Waals surface area contributed by atoms with Gasteiger partial charge in [0.15, 0.2) is 0 Å². The molecule has 1 saturated carbocycles. The number of carboxylic acid groups (broad SMARTS) is 1. The summed E-state index contributed by atoms with van der Waals surface area (Å²) < 4.78 is 5.24. The number of carbonyl (C=O) groups is 3. The molecule has 1 heterocycles. The molecule has 1 amide bonds. The molecule has 2 aliphatic rings. The molecule has 33 heavy (non-hydrogen) atoms. The summed E-state index contributed by atoms with van der Waals surface area (Å²) >= 11 is 1.64. The van der Waals surface area contributed by atoms with Crippen molar-refractivity contribution in [3.8, 4) is 0 Å². The number of fused-ring (bicyclic) bond motifs is 1. The third kappa shape index (κ3) is 6.73. The van der Waals surface area contributed by atoms with Gasteiger partial charge in [-0.05, 0) is 56.8 Å². The number of likely N-dealkylation sites (tertiary alicyclic amines) is 1. The second-order valence-corrected chi connectivity index (χ2v) is 10.1. The fraction of sp³-hybridized carbons (Fsp3) is 0.640. The van der Waals surface area contributed by atoms with E-state index in [1.54, 1.807) is 30.5 Å². The van der Waals surface area contributed by atoms with Gasteiger partial charge in [-0.1, -0.05) is 43.2 Å². The molecule has 0 radical (unpaired) electrons. The van der Waals surface area contributed by atoms with Crippen LogP contribution in [0.15, 0.2) is 30.3 Å². The first kappa shape index (κ1) is 25.6. The van der Waals surface area contributed by atoms with Gasteiger partial charge >= 0.3 is 11.9 Å². The monoisotopic (exact) mass is 476 g/mol. The Hall–Kier alpha value is -2.06. The van der Waals surface area contributed by atoms with Crippen LogP contribution in [0.25, 0.3) is 0 Å². The molecular weight excluding hydrogens is 440 g/mol. The van der Waals surface area contributed by atoms with Crippen molar-refractivity contribution >= 4 is 29.6 Å². The van der Waals surface area contributed by atoms with Crippen molar-refractivity contribution in [1.82, 2.24) is 10.2 Å². The smallest absolute Gasteiger partial charge is 0.326 e. The molecule has 0 aromatic heterocycles. The highest BCUT2D eigenvalue weighted by Gasteiger charge is 2.48. The van der Waals surface area contributed by atoms with Crippen LogP contribution in [0.3, 0.4) is 0 Å². The van der Waals surface area contributed by atoms with Crippen LogP contribution in [-0.2, 0) is 25.5 Å². The van der Waals surface area contributed by atoms with Gasteiger partial charge in [0, 0.05) is 11.8 Å². The number of aryl methyl sites for hydroxylation is 1. The zero-order chi connectivity index (χ0) is 23.8. The highest BCUT2D eigenvalue weighted by atomic mass is 32.2. The maximum absolute atomic E-state index is 13.4. The van der Waals surface area contributed by atoms with Gasteiger partial charge in [0.2, 0.25) is 5.91 Å². The molecule has 7 nitrogen and oxygen atoms in total. The first-order valence-electron chi connectivity index (χ1n) is 12.0. The third-order valence-corrected chi connectivity index (χ3v) is 7.74. The molecule has 182 valence electrons. The topological polar surface area (TPSA) is 95.9 Å². The molecule has 0 unspecified atom stereocenters. The Balaban J connectivity index is 1.61. The van der Waals surface area contributed by atoms with E-state index in [-0.39, 0.29) is 30.4 Å². The second kappa shape index (κ2) is 12.4. The molecule has 1 aromatic rings. The molecular formula is C25H36N2O5S. The molecule has 1 aromatic carbocycles. The molecule has 8 heteroatoms. The van der Waals surface area contributed by atoms with E-state index in [4.69, 9.17) is 4.74 Å². The number of hydrogen-bond acceptors (Lipinski definition) is 6. The van der Waals surface area contributed by atoms with Crippen LogP contribution in [0.2, 0.25) is 0 Å². The van der Waals surface area contributed by atoms with E-state index in [1.807, 2.05) is 18.2 Å². The minimum Gasteiger partial charge on any atom is -0.480 e. The predicted molar refractivity (Wildman–Crippen MR) is 129 cm³/mol. The SMILES string of the molecule is CCOC(=O)[C@H](CSCCc1ccccc1)N[C@H](C)C(=O)N1[C@@H]2CCCC[C@@H]2C[C@H]1C(=O)O. The number of carboxylic acids is 1. The highest BCUT2D eigenvalue weighted by Crippen LogP contribution is 2.40. The van der Waals surface area contributed by atoms with Crippen LogP contribution in [0.5, 0.6) is 0 Å². The lowest BCUT2D eigenvalue weighted by Gasteiger charge is -2.35. The van der Waals surface area contributed by atoms with Crippen molar-refractivity contribution < 1.29 is 24.2 Å². The summed E-state index contributed by atoms with van der Waals surface area (Å²) in [6, 6.07) is 8.07. The van der Waals surface area contributed by atoms with E-state index in [9.17, 15) is 19.5 Å². The molecule has 1 saturated heterocycles. The zero-order valence-electron chi connectivity index (χ0n) is 19.6. The summed E-state index contributed by atoms with van der Waals surface area (Å²) in [6.07, 6.45) is 5.35. The van der Waals surface area contributed by atoms with E-state index in [1.165, 1.54) is 5.56 Å². The van der Waals surface area contributed by atoms with E-state index in [0.717, 1.165) is 37.9 Å². The molecule has 2 fully saturated rings. The largest absolute Gasteiger partial charge is 0.480 e. The lowest BCUT2D eigenvalue weighted by Crippen LogP contribution is -2.56. The van der Waals surface area contributed by atoms with Gasteiger partial charge in [-0.15, -0.1) is 0 Å². The standard InChI is InChI=1S/C25H36N2O5S/c1-3-32-25(31)20(16-33-14-13-18-9-5-4-6-10-18)26-17(2)23(28)27-21-12-8-7-11-19(21)15-22(27)24(29)30/h4-6,9-10,17,19-22,26H,3,7-8,11-16H2,1-2H3,(H,29,30)/t17-,19-,20+,21-,22+/m1/s1. The van der Waals surface area contributed by atoms with Crippen LogP contribution in [0, 0.1) is 5.92 Å². The van der Waals surface area contributed by atoms with E-state index in [2.05, 4.69) is 17.4 Å². The Morgan fingerprint density at radius 3 is 2.64 bits per heavy atom. The third-order valence-electron chi connectivity index (χ3n) is 6.68. The number of ether oxygens (including phenoxy) is 1. The molecule has 2 N–H and O–H groups in total. The minimum atomic E-state index is -0.941. The fourth-order valence-electron chi connectivity index (χ4n) is 5.06. The second-order valence-electron chi connectivity index (χ2n) is 8.95. The van der Waals surface area contributed by atoms with Crippen LogP contribution in [-0.4, -0.2) is 70.1 Å². The Kier molecular flexibility index (Phi) is 9.62. The number of benzene rings is 1. The van der Waals surface area contributed by atoms with Crippen molar-refractivity contribution in [1.29, 1.82) is 0 Å². The average Bonchev–Trinajstić information content (AvgIpc) is 3.21. The van der Waals surface area contributed by atoms with E-state index >= 15 is 0 Å². The summed E-state index contributed by atoms with van der Waals surface area (Å²) in [4.78, 5) is 39.4. The van der Waals surface area contributed by atoms with Gasteiger partial charge < -0.3 is 14.7 Å². The number of esters is 1. The summed E-state index contributed by atoms with van der Waals surface area (Å²) in [5.41, 5.74) is 1.24. The average molecular weight is 477 g/mol. The van der Waals surface area contributed by atoms with Crippen molar-refractivity contribution in [3.63, 3.8) is 0 Å². The van der Waals surface area contributed by atoms with Crippen molar-refractivity contribution in [2.45, 2.75) is 76.5 Å². The quantitative estimate of drug-likeness (QED) is 0.374. The summed E-state index contributed by atoms with van der Waals surface area (Å²) in [6.45, 7) is 3.75. The van der Waals surface area contributed by atoms with Crippen LogP contribution < -0.4 is 5.32 Å². The number of nitrogens with one attached hydrogen (secondary N) is 1. The number of hydrogen-bond donors (Lipinski definition) is 2. The van der Waals surface area contributed by atoms with Gasteiger partial charge in [-0.3, -0.25) is 14.9 Å². The summed E-state index contributed by atoms with van der Waals surface area (Å²) in [7, 11) is 0. The Labute approximate surface area is 200 Å². The molecule has 0 spiro atoms. The van der Waals surface area contributed by atoms with Crippen molar-refractivity contribution in [2.24, 2.45) is 5.92 Å². The molecule has 5 atom stereocenters. The van der Waals surface area contributed by atoms with Gasteiger partial charge in [0.05, 0.1) is 12.6 Å². The lowest BCUT2D eigenvalue weighted by atomic mass is 9.84. The van der Waals surface area contributed by atoms with Gasteiger partial charge in [0.1, 0.15) is 12.1 Å². The van der Waals surface area contributed by atoms with Gasteiger partial charge in [-0.25, -0.2) is 4.79 Å². The number of thioether (sulfide) groups is 1. The van der Waals surface area contributed by atoms with E-state index in [0.29, 0.717) is 12.2 Å². The van der Waals surface area contributed by atoms with E-state index < -0.39 is 24.1 Å². The van der Waals surface area contributed by atoms with Gasteiger partial charge in [0.25, 0.3) is 0 Å². The normalized spacial score (nSPS) is 24.1. The number of amides is 1. The first-order chi connectivity index (χ1) is 15.9. The molecule has 3 rings (SSSR count).